The van der Waals surface area contributed by atoms with E-state index in [0.717, 1.165) is 15.8 Å². The van der Waals surface area contributed by atoms with Crippen LogP contribution in [0.4, 0.5) is 11.6 Å². The topological polar surface area (TPSA) is 108 Å². The summed E-state index contributed by atoms with van der Waals surface area (Å²) < 4.78 is 3.93. The second kappa shape index (κ2) is 6.77. The van der Waals surface area contributed by atoms with E-state index in [9.17, 15) is 14.4 Å². The number of amides is 1. The molecule has 0 fully saturated rings. The number of nitrogens with two attached hydrogens (primary N) is 1. The number of carbonyl (C=O) groups is 1. The summed E-state index contributed by atoms with van der Waals surface area (Å²) in [6, 6.07) is 5.75. The Bertz CT molecular complexity index is 1270. The predicted octanol–water partition coefficient (Wildman–Crippen LogP) is 1.13. The van der Waals surface area contributed by atoms with Crippen LogP contribution in [0.1, 0.15) is 12.5 Å². The zero-order valence-electron chi connectivity index (χ0n) is 16.3. The van der Waals surface area contributed by atoms with Crippen molar-refractivity contribution in [1.29, 1.82) is 0 Å². The molecule has 0 aliphatic carbocycles. The summed E-state index contributed by atoms with van der Waals surface area (Å²) in [6.07, 6.45) is 0. The normalized spacial score (nSPS) is 16.3. The highest BCUT2D eigenvalue weighted by Crippen LogP contribution is 2.34. The maximum atomic E-state index is 13.1. The smallest absolute Gasteiger partial charge is 0.332 e. The van der Waals surface area contributed by atoms with Gasteiger partial charge in [0.2, 0.25) is 11.9 Å². The Morgan fingerprint density at radius 1 is 1.31 bits per heavy atom. The van der Waals surface area contributed by atoms with Gasteiger partial charge in [-0.3, -0.25) is 14.2 Å². The van der Waals surface area contributed by atoms with E-state index in [1.54, 1.807) is 4.57 Å². The van der Waals surface area contributed by atoms with Crippen molar-refractivity contribution in [2.75, 3.05) is 11.4 Å². The first kappa shape index (κ1) is 19.3. The first-order chi connectivity index (χ1) is 13.7. The molecule has 0 saturated carbocycles. The largest absolute Gasteiger partial charge is 0.368 e. The molecule has 3 heterocycles. The number of halogens is 1. The van der Waals surface area contributed by atoms with Crippen molar-refractivity contribution in [3.8, 4) is 0 Å². The van der Waals surface area contributed by atoms with Crippen LogP contribution in [0.25, 0.3) is 11.2 Å². The zero-order chi connectivity index (χ0) is 21.0. The Balaban J connectivity index is 2.00. The van der Waals surface area contributed by atoms with Crippen LogP contribution in [0.3, 0.4) is 0 Å². The van der Waals surface area contributed by atoms with E-state index in [1.807, 2.05) is 30.0 Å². The molecule has 4 rings (SSSR count). The highest BCUT2D eigenvalue weighted by molar-refractivity contribution is 6.31. The lowest BCUT2D eigenvalue weighted by atomic mass is 10.1. The number of nitrogens with zero attached hydrogens (tertiary/aromatic N) is 5. The van der Waals surface area contributed by atoms with Crippen LogP contribution >= 0.6 is 11.6 Å². The molecule has 29 heavy (non-hydrogen) atoms. The fraction of sp³-hybridized carbons (Fsp3) is 0.368. The maximum absolute atomic E-state index is 13.1. The minimum atomic E-state index is -0.758. The number of primary amides is 1. The molecule has 10 heteroatoms. The monoisotopic (exact) mass is 416 g/mol. The first-order valence-corrected chi connectivity index (χ1v) is 9.59. The molecule has 1 aliphatic rings. The summed E-state index contributed by atoms with van der Waals surface area (Å²) in [6.45, 7) is 4.77. The number of aryl methyl sites for hydroxylation is 2. The van der Waals surface area contributed by atoms with Crippen LogP contribution in [0.5, 0.6) is 0 Å². The van der Waals surface area contributed by atoms with E-state index in [1.165, 1.54) is 11.6 Å². The van der Waals surface area contributed by atoms with Gasteiger partial charge in [0.15, 0.2) is 11.2 Å². The molecule has 2 N–H and O–H groups in total. The zero-order valence-corrected chi connectivity index (χ0v) is 17.1. The minimum Gasteiger partial charge on any atom is -0.368 e. The van der Waals surface area contributed by atoms with Crippen LogP contribution in [0, 0.1) is 12.8 Å². The van der Waals surface area contributed by atoms with Crippen molar-refractivity contribution in [3.63, 3.8) is 0 Å². The molecule has 0 saturated heterocycles. The van der Waals surface area contributed by atoms with Crippen LogP contribution in [-0.4, -0.2) is 31.1 Å². The number of imidazole rings is 1. The van der Waals surface area contributed by atoms with E-state index < -0.39 is 23.7 Å². The van der Waals surface area contributed by atoms with Crippen LogP contribution in [0.2, 0.25) is 5.02 Å². The number of rotatable bonds is 3. The maximum Gasteiger partial charge on any atom is 0.332 e. The number of hydrogen-bond donors (Lipinski definition) is 1. The Hall–Kier alpha value is -3.07. The number of anilines is 2. The molecule has 152 valence electrons. The third-order valence-electron chi connectivity index (χ3n) is 5.22. The molecule has 3 aromatic rings. The van der Waals surface area contributed by atoms with Gasteiger partial charge in [0, 0.05) is 30.8 Å². The van der Waals surface area contributed by atoms with Gasteiger partial charge >= 0.3 is 5.69 Å². The highest BCUT2D eigenvalue weighted by atomic mass is 35.5. The minimum absolute atomic E-state index is 0.209. The number of fused-ring (bicyclic) bond motifs is 3. The second-order valence-corrected chi connectivity index (χ2v) is 7.95. The highest BCUT2D eigenvalue weighted by Gasteiger charge is 2.30. The molecule has 1 atom stereocenters. The summed E-state index contributed by atoms with van der Waals surface area (Å²) in [5, 5.41) is 0.639. The van der Waals surface area contributed by atoms with Crippen LogP contribution in [0.15, 0.2) is 27.8 Å². The molecule has 0 radical (unpaired) electrons. The molecule has 0 bridgehead atoms. The van der Waals surface area contributed by atoms with E-state index in [0.29, 0.717) is 24.1 Å². The van der Waals surface area contributed by atoms with Crippen molar-refractivity contribution >= 4 is 40.3 Å². The molecule has 9 nitrogen and oxygen atoms in total. The van der Waals surface area contributed by atoms with Crippen molar-refractivity contribution in [2.45, 2.75) is 26.9 Å². The van der Waals surface area contributed by atoms with Crippen LogP contribution in [-0.2, 0) is 24.9 Å². The Morgan fingerprint density at radius 2 is 2.03 bits per heavy atom. The lowest BCUT2D eigenvalue weighted by Gasteiger charge is -2.33. The summed E-state index contributed by atoms with van der Waals surface area (Å²) in [5.41, 5.74) is 6.39. The summed E-state index contributed by atoms with van der Waals surface area (Å²) in [7, 11) is 1.52. The molecule has 1 aliphatic heterocycles. The second-order valence-electron chi connectivity index (χ2n) is 7.54. The van der Waals surface area contributed by atoms with Gasteiger partial charge in [-0.15, -0.1) is 0 Å². The summed E-state index contributed by atoms with van der Waals surface area (Å²) in [4.78, 5) is 43.6. The average molecular weight is 417 g/mol. The number of aromatic nitrogens is 4. The van der Waals surface area contributed by atoms with Gasteiger partial charge in [0.25, 0.3) is 5.56 Å². The Labute approximate surface area is 170 Å². The van der Waals surface area contributed by atoms with Gasteiger partial charge in [-0.05, 0) is 30.5 Å². The standard InChI is InChI=1S/C19H21ClN6O3/c1-10-7-24(12-5-4-11(2)13(20)6-12)18-22-16-15(25(18)8-10)17(28)26(9-14(21)27)19(29)23(16)3/h4-6,10H,7-9H2,1-3H3,(H2,21,27)/t10-/m0/s1. The summed E-state index contributed by atoms with van der Waals surface area (Å²) >= 11 is 6.32. The molecular formula is C19H21ClN6O3. The van der Waals surface area contributed by atoms with Gasteiger partial charge in [-0.1, -0.05) is 24.6 Å². The number of benzene rings is 1. The third-order valence-corrected chi connectivity index (χ3v) is 5.63. The van der Waals surface area contributed by atoms with Gasteiger partial charge in [-0.25, -0.2) is 9.36 Å². The van der Waals surface area contributed by atoms with E-state index in [4.69, 9.17) is 17.3 Å². The van der Waals surface area contributed by atoms with E-state index in [2.05, 4.69) is 11.9 Å². The van der Waals surface area contributed by atoms with Crippen molar-refractivity contribution in [3.05, 3.63) is 49.6 Å². The third kappa shape index (κ3) is 3.02. The predicted molar refractivity (Wildman–Crippen MR) is 111 cm³/mol. The Morgan fingerprint density at radius 3 is 2.69 bits per heavy atom. The molecular weight excluding hydrogens is 396 g/mol. The molecule has 0 spiro atoms. The number of carbonyl (C=O) groups excluding carboxylic acids is 1. The van der Waals surface area contributed by atoms with Crippen molar-refractivity contribution in [2.24, 2.45) is 18.7 Å². The van der Waals surface area contributed by atoms with Crippen molar-refractivity contribution in [1.82, 2.24) is 18.7 Å². The fourth-order valence-corrected chi connectivity index (χ4v) is 3.94. The van der Waals surface area contributed by atoms with Crippen molar-refractivity contribution < 1.29 is 4.79 Å². The van der Waals surface area contributed by atoms with Gasteiger partial charge in [0.1, 0.15) is 6.54 Å². The average Bonchev–Trinajstić information content (AvgIpc) is 3.04. The first-order valence-electron chi connectivity index (χ1n) is 9.21. The lowest BCUT2D eigenvalue weighted by molar-refractivity contribution is -0.118. The van der Waals surface area contributed by atoms with Crippen LogP contribution < -0.4 is 21.9 Å². The molecule has 1 aromatic carbocycles. The van der Waals surface area contributed by atoms with E-state index >= 15 is 0 Å². The van der Waals surface area contributed by atoms with Gasteiger partial charge in [-0.2, -0.15) is 4.98 Å². The number of hydrogen-bond acceptors (Lipinski definition) is 5. The lowest BCUT2D eigenvalue weighted by Crippen LogP contribution is -2.43. The van der Waals surface area contributed by atoms with Gasteiger partial charge < -0.3 is 15.2 Å². The Kier molecular flexibility index (Phi) is 4.49. The molecule has 0 unspecified atom stereocenters. The molecule has 1 amide bonds. The van der Waals surface area contributed by atoms with E-state index in [-0.39, 0.29) is 17.1 Å². The quantitative estimate of drug-likeness (QED) is 0.688. The van der Waals surface area contributed by atoms with Gasteiger partial charge in [0.05, 0.1) is 0 Å². The SMILES string of the molecule is Cc1ccc(N2C[C@H](C)Cn3c2nc2c3c(=O)n(CC(N)=O)c(=O)n2C)cc1Cl. The fourth-order valence-electron chi connectivity index (χ4n) is 3.77. The summed E-state index contributed by atoms with van der Waals surface area (Å²) in [5.74, 6) is 0.00868. The molecule has 2 aromatic heterocycles.